The molecule has 0 bridgehead atoms. The van der Waals surface area contributed by atoms with Crippen molar-refractivity contribution < 1.29 is 4.42 Å². The van der Waals surface area contributed by atoms with Crippen LogP contribution in [0.2, 0.25) is 0 Å². The fraction of sp³-hybridized carbons (Fsp3) is 0. The average molecular weight is 872 g/mol. The quantitative estimate of drug-likeness (QED) is 0.101. The molecule has 0 atom stereocenters. The molecule has 0 aliphatic rings. The minimum atomic E-state index is -2.67. The second-order valence-corrected chi connectivity index (χ2v) is 21.0. The van der Waals surface area contributed by atoms with Crippen LogP contribution in [-0.4, -0.2) is 8.07 Å². The smallest absolute Gasteiger partial charge is 0.179 e. The van der Waals surface area contributed by atoms with Gasteiger partial charge in [0.1, 0.15) is 11.2 Å². The van der Waals surface area contributed by atoms with Crippen LogP contribution in [0.25, 0.3) is 66.1 Å². The molecule has 0 saturated carbocycles. The maximum absolute atomic E-state index is 6.71. The lowest BCUT2D eigenvalue weighted by atomic mass is 9.96. The largest absolute Gasteiger partial charge is 0.456 e. The number of anilines is 3. The third kappa shape index (κ3) is 7.05. The highest BCUT2D eigenvalue weighted by molar-refractivity contribution is 7.19. The van der Waals surface area contributed by atoms with Crippen molar-refractivity contribution in [3.63, 3.8) is 0 Å². The Bertz CT molecular complexity index is 3550. The molecular weight excluding hydrogens is 827 g/mol. The number of benzene rings is 11. The van der Waals surface area contributed by atoms with Gasteiger partial charge in [-0.25, -0.2) is 0 Å². The van der Waals surface area contributed by atoms with Crippen LogP contribution in [0.1, 0.15) is 0 Å². The lowest BCUT2D eigenvalue weighted by molar-refractivity contribution is 0.669. The Kier molecular flexibility index (Phi) is 10.2. The number of hydrogen-bond acceptors (Lipinski definition) is 2. The van der Waals surface area contributed by atoms with E-state index in [0.717, 1.165) is 44.4 Å². The summed E-state index contributed by atoms with van der Waals surface area (Å²) in [6.45, 7) is 0. The van der Waals surface area contributed by atoms with E-state index in [1.807, 2.05) is 0 Å². The first-order chi connectivity index (χ1) is 33.2. The summed E-state index contributed by atoms with van der Waals surface area (Å²) in [5.41, 5.74) is 12.0. The van der Waals surface area contributed by atoms with E-state index in [1.165, 1.54) is 59.5 Å². The van der Waals surface area contributed by atoms with Crippen molar-refractivity contribution in [1.29, 1.82) is 0 Å². The van der Waals surface area contributed by atoms with E-state index in [2.05, 4.69) is 278 Å². The zero-order valence-corrected chi connectivity index (χ0v) is 37.8. The van der Waals surface area contributed by atoms with Crippen molar-refractivity contribution in [2.45, 2.75) is 0 Å². The predicted molar refractivity (Wildman–Crippen MR) is 286 cm³/mol. The molecule has 12 rings (SSSR count). The SMILES string of the molecule is c1ccc(-c2ccc(N(c3ccc4c(c3)oc3cccc(-c5ccccc5)c34)c3ccc(-c4ccc([Si](c5ccccc5)(c5ccccc5)c5ccccc5)cc4)c4ccccc34)cc2)cc1. The number of rotatable bonds is 10. The van der Waals surface area contributed by atoms with Crippen LogP contribution in [0.3, 0.4) is 0 Å². The third-order valence-corrected chi connectivity index (χ3v) is 18.2. The highest BCUT2D eigenvalue weighted by Gasteiger charge is 2.41. The summed E-state index contributed by atoms with van der Waals surface area (Å²) in [6.07, 6.45) is 0. The van der Waals surface area contributed by atoms with Crippen LogP contribution in [0.15, 0.2) is 277 Å². The Hall–Kier alpha value is -8.50. The predicted octanol–water partition coefficient (Wildman–Crippen LogP) is 14.6. The standard InChI is InChI=1S/C64H45NOSi/c1-6-19-46(20-7-1)47-33-37-50(38-34-47)65(51-39-42-60-63(45-51)66-62-32-18-31-57(64(60)62)48-21-8-2-9-22-48)61-44-43-56(58-29-16-17-30-59(58)61)49-35-40-55(41-36-49)67(52-23-10-3-11-24-52,53-25-12-4-13-26-53)54-27-14-5-15-28-54/h1-45H. The maximum atomic E-state index is 6.71. The molecule has 1 heterocycles. The monoisotopic (exact) mass is 871 g/mol. The molecule has 0 aliphatic carbocycles. The van der Waals surface area contributed by atoms with Crippen LogP contribution in [0.4, 0.5) is 17.1 Å². The molecule has 11 aromatic carbocycles. The van der Waals surface area contributed by atoms with Crippen LogP contribution in [0.5, 0.6) is 0 Å². The van der Waals surface area contributed by atoms with Crippen molar-refractivity contribution >= 4 is 78.6 Å². The van der Waals surface area contributed by atoms with Crippen LogP contribution >= 0.6 is 0 Å². The Labute approximate surface area is 392 Å². The van der Waals surface area contributed by atoms with Gasteiger partial charge in [0.2, 0.25) is 0 Å². The van der Waals surface area contributed by atoms with Gasteiger partial charge in [-0.2, -0.15) is 0 Å². The van der Waals surface area contributed by atoms with E-state index in [0.29, 0.717) is 0 Å². The molecule has 1 aromatic heterocycles. The molecule has 0 fully saturated rings. The Morgan fingerprint density at radius 1 is 0.284 bits per heavy atom. The molecule has 2 nitrogen and oxygen atoms in total. The van der Waals surface area contributed by atoms with E-state index in [1.54, 1.807) is 0 Å². The van der Waals surface area contributed by atoms with Gasteiger partial charge in [0.25, 0.3) is 0 Å². The Morgan fingerprint density at radius 3 is 1.37 bits per heavy atom. The molecule has 0 aliphatic heterocycles. The summed E-state index contributed by atoms with van der Waals surface area (Å²) in [5.74, 6) is 0. The molecule has 0 amide bonds. The number of furan rings is 1. The van der Waals surface area contributed by atoms with Crippen LogP contribution in [-0.2, 0) is 0 Å². The van der Waals surface area contributed by atoms with Gasteiger partial charge in [0.15, 0.2) is 8.07 Å². The number of nitrogens with zero attached hydrogens (tertiary/aromatic N) is 1. The van der Waals surface area contributed by atoms with E-state index in [4.69, 9.17) is 4.42 Å². The maximum Gasteiger partial charge on any atom is 0.179 e. The first-order valence-corrected chi connectivity index (χ1v) is 25.0. The zero-order valence-electron chi connectivity index (χ0n) is 36.8. The van der Waals surface area contributed by atoms with Gasteiger partial charge in [0, 0.05) is 33.6 Å². The molecule has 12 aromatic rings. The summed E-state index contributed by atoms with van der Waals surface area (Å²) in [4.78, 5) is 2.38. The van der Waals surface area contributed by atoms with E-state index < -0.39 is 8.07 Å². The fourth-order valence-electron chi connectivity index (χ4n) is 10.4. The minimum Gasteiger partial charge on any atom is -0.456 e. The molecule has 0 spiro atoms. The lowest BCUT2D eigenvalue weighted by Crippen LogP contribution is -2.74. The minimum absolute atomic E-state index is 0.851. The first kappa shape index (κ1) is 40.0. The van der Waals surface area contributed by atoms with Crippen molar-refractivity contribution in [3.8, 4) is 33.4 Å². The summed E-state index contributed by atoms with van der Waals surface area (Å²) < 4.78 is 6.71. The Morgan fingerprint density at radius 2 is 0.761 bits per heavy atom. The van der Waals surface area contributed by atoms with E-state index in [-0.39, 0.29) is 0 Å². The summed E-state index contributed by atoms with van der Waals surface area (Å²) in [5, 5.41) is 10.0. The molecule has 0 unspecified atom stereocenters. The van der Waals surface area contributed by atoms with Gasteiger partial charge < -0.3 is 9.32 Å². The van der Waals surface area contributed by atoms with Gasteiger partial charge in [-0.05, 0) is 95.9 Å². The van der Waals surface area contributed by atoms with E-state index in [9.17, 15) is 0 Å². The first-order valence-electron chi connectivity index (χ1n) is 23.0. The van der Waals surface area contributed by atoms with Gasteiger partial charge in [-0.1, -0.05) is 231 Å². The lowest BCUT2D eigenvalue weighted by Gasteiger charge is -2.34. The van der Waals surface area contributed by atoms with Crippen molar-refractivity contribution in [2.24, 2.45) is 0 Å². The van der Waals surface area contributed by atoms with Crippen molar-refractivity contribution in [2.75, 3.05) is 4.90 Å². The van der Waals surface area contributed by atoms with E-state index >= 15 is 0 Å². The van der Waals surface area contributed by atoms with Crippen molar-refractivity contribution in [1.82, 2.24) is 0 Å². The van der Waals surface area contributed by atoms with Gasteiger partial charge >= 0.3 is 0 Å². The number of hydrogen-bond donors (Lipinski definition) is 0. The third-order valence-electron chi connectivity index (χ3n) is 13.4. The highest BCUT2D eigenvalue weighted by atomic mass is 28.3. The zero-order chi connectivity index (χ0) is 44.6. The second kappa shape index (κ2) is 17.1. The molecular formula is C64H45NOSi. The number of fused-ring (bicyclic) bond motifs is 4. The molecule has 0 radical (unpaired) electrons. The molecule has 316 valence electrons. The summed E-state index contributed by atoms with van der Waals surface area (Å²) in [7, 11) is -2.67. The molecule has 3 heteroatoms. The summed E-state index contributed by atoms with van der Waals surface area (Å²) >= 11 is 0. The highest BCUT2D eigenvalue weighted by Crippen LogP contribution is 2.45. The summed E-state index contributed by atoms with van der Waals surface area (Å²) in [6, 6.07) is 99.4. The van der Waals surface area contributed by atoms with Crippen LogP contribution in [0, 0.1) is 0 Å². The van der Waals surface area contributed by atoms with Crippen molar-refractivity contribution in [3.05, 3.63) is 273 Å². The molecule has 67 heavy (non-hydrogen) atoms. The fourth-order valence-corrected chi connectivity index (χ4v) is 15.1. The van der Waals surface area contributed by atoms with Gasteiger partial charge in [-0.3, -0.25) is 0 Å². The Balaban J connectivity index is 1.01. The topological polar surface area (TPSA) is 16.4 Å². The molecule has 0 saturated heterocycles. The normalized spacial score (nSPS) is 11.6. The molecule has 0 N–H and O–H groups in total. The second-order valence-electron chi connectivity index (χ2n) is 17.2. The van der Waals surface area contributed by atoms with Crippen LogP contribution < -0.4 is 25.6 Å². The van der Waals surface area contributed by atoms with Gasteiger partial charge in [0.05, 0.1) is 5.69 Å². The van der Waals surface area contributed by atoms with Gasteiger partial charge in [-0.15, -0.1) is 0 Å². The average Bonchev–Trinajstić information content (AvgIpc) is 3.79.